The van der Waals surface area contributed by atoms with Crippen molar-refractivity contribution in [3.63, 3.8) is 0 Å². The average Bonchev–Trinajstić information content (AvgIpc) is 2.06. The van der Waals surface area contributed by atoms with E-state index in [0.29, 0.717) is 0 Å². The van der Waals surface area contributed by atoms with Crippen molar-refractivity contribution in [2.75, 3.05) is 0 Å². The molecule has 11 heavy (non-hydrogen) atoms. The molecule has 0 bridgehead atoms. The lowest BCUT2D eigenvalue weighted by Gasteiger charge is -1.96. The van der Waals surface area contributed by atoms with Gasteiger partial charge < -0.3 is 0 Å². The van der Waals surface area contributed by atoms with Gasteiger partial charge in [-0.1, -0.05) is 0 Å². The number of fused-ring (bicyclic) bond motifs is 1. The van der Waals surface area contributed by atoms with E-state index >= 15 is 0 Å². The van der Waals surface area contributed by atoms with Crippen LogP contribution in [0.1, 0.15) is 5.56 Å². The van der Waals surface area contributed by atoms with Crippen LogP contribution in [0.5, 0.6) is 0 Å². The molecule has 0 amide bonds. The van der Waals surface area contributed by atoms with Gasteiger partial charge in [0, 0.05) is 17.8 Å². The van der Waals surface area contributed by atoms with Crippen molar-refractivity contribution in [2.45, 2.75) is 6.92 Å². The van der Waals surface area contributed by atoms with Gasteiger partial charge in [0.1, 0.15) is 6.33 Å². The Kier molecular flexibility index (Phi) is 1.28. The van der Waals surface area contributed by atoms with E-state index in [0.717, 1.165) is 16.5 Å². The molecule has 54 valence electrons. The maximum atomic E-state index is 4.07. The quantitative estimate of drug-likeness (QED) is 0.561. The Morgan fingerprint density at radius 1 is 1.09 bits per heavy atom. The SMILES string of the molecule is Cc1cncc2ncncc12. The van der Waals surface area contributed by atoms with Crippen molar-refractivity contribution in [3.05, 3.63) is 30.5 Å². The summed E-state index contributed by atoms with van der Waals surface area (Å²) in [7, 11) is 0. The smallest absolute Gasteiger partial charge is 0.116 e. The first-order valence-electron chi connectivity index (χ1n) is 3.38. The molecule has 2 aromatic heterocycles. The van der Waals surface area contributed by atoms with Gasteiger partial charge in [-0.15, -0.1) is 0 Å². The van der Waals surface area contributed by atoms with Crippen molar-refractivity contribution in [1.82, 2.24) is 15.0 Å². The summed E-state index contributed by atoms with van der Waals surface area (Å²) < 4.78 is 0. The summed E-state index contributed by atoms with van der Waals surface area (Å²) in [4.78, 5) is 12.0. The van der Waals surface area contributed by atoms with Crippen LogP contribution in [0.25, 0.3) is 10.9 Å². The first-order valence-corrected chi connectivity index (χ1v) is 3.38. The second-order valence-corrected chi connectivity index (χ2v) is 2.41. The molecule has 0 aliphatic carbocycles. The monoisotopic (exact) mass is 145 g/mol. The topological polar surface area (TPSA) is 38.7 Å². The lowest BCUT2D eigenvalue weighted by Crippen LogP contribution is -1.85. The third-order valence-corrected chi connectivity index (χ3v) is 1.63. The molecule has 0 saturated carbocycles. The molecule has 3 nitrogen and oxygen atoms in total. The van der Waals surface area contributed by atoms with Crippen molar-refractivity contribution in [2.24, 2.45) is 0 Å². The number of hydrogen-bond acceptors (Lipinski definition) is 3. The fourth-order valence-corrected chi connectivity index (χ4v) is 1.04. The van der Waals surface area contributed by atoms with Gasteiger partial charge in [0.05, 0.1) is 11.7 Å². The van der Waals surface area contributed by atoms with Crippen molar-refractivity contribution in [3.8, 4) is 0 Å². The van der Waals surface area contributed by atoms with Gasteiger partial charge >= 0.3 is 0 Å². The largest absolute Gasteiger partial charge is 0.262 e. The van der Waals surface area contributed by atoms with E-state index < -0.39 is 0 Å². The van der Waals surface area contributed by atoms with Gasteiger partial charge in [0.2, 0.25) is 0 Å². The number of aromatic nitrogens is 3. The molecule has 0 aromatic carbocycles. The molecule has 0 aliphatic rings. The van der Waals surface area contributed by atoms with Crippen LogP contribution in [0, 0.1) is 6.92 Å². The summed E-state index contributed by atoms with van der Waals surface area (Å²) >= 11 is 0. The van der Waals surface area contributed by atoms with E-state index in [1.54, 1.807) is 12.4 Å². The molecule has 0 spiro atoms. The van der Waals surface area contributed by atoms with Crippen molar-refractivity contribution < 1.29 is 0 Å². The van der Waals surface area contributed by atoms with Crippen molar-refractivity contribution in [1.29, 1.82) is 0 Å². The van der Waals surface area contributed by atoms with Crippen LogP contribution in [0.4, 0.5) is 0 Å². The standard InChI is InChI=1S/C8H7N3/c1-6-2-9-4-8-7(6)3-10-5-11-8/h2-5H,1H3. The molecule has 3 heteroatoms. The highest BCUT2D eigenvalue weighted by Crippen LogP contribution is 2.11. The Morgan fingerprint density at radius 2 is 2.00 bits per heavy atom. The summed E-state index contributed by atoms with van der Waals surface area (Å²) in [5.41, 5.74) is 2.02. The van der Waals surface area contributed by atoms with Crippen molar-refractivity contribution >= 4 is 10.9 Å². The van der Waals surface area contributed by atoms with Gasteiger partial charge in [0.25, 0.3) is 0 Å². The minimum Gasteiger partial charge on any atom is -0.262 e. The Bertz CT molecular complexity index is 378. The predicted octanol–water partition coefficient (Wildman–Crippen LogP) is 1.33. The zero-order valence-electron chi connectivity index (χ0n) is 6.15. The molecule has 0 saturated heterocycles. The van der Waals surface area contributed by atoms with Crippen LogP contribution in [-0.2, 0) is 0 Å². The van der Waals surface area contributed by atoms with E-state index in [1.807, 2.05) is 13.1 Å². The number of rotatable bonds is 0. The fraction of sp³-hybridized carbons (Fsp3) is 0.125. The molecule has 0 unspecified atom stereocenters. The normalized spacial score (nSPS) is 10.3. The fourth-order valence-electron chi connectivity index (χ4n) is 1.04. The molecular formula is C8H7N3. The van der Waals surface area contributed by atoms with Gasteiger partial charge in [-0.05, 0) is 12.5 Å². The van der Waals surface area contributed by atoms with Crippen LogP contribution in [0.3, 0.4) is 0 Å². The first kappa shape index (κ1) is 6.22. The van der Waals surface area contributed by atoms with Crippen LogP contribution in [0.15, 0.2) is 24.9 Å². The minimum absolute atomic E-state index is 0.903. The van der Waals surface area contributed by atoms with E-state index in [4.69, 9.17) is 0 Å². The summed E-state index contributed by atoms with van der Waals surface area (Å²) in [6, 6.07) is 0. The number of nitrogens with zero attached hydrogens (tertiary/aromatic N) is 3. The zero-order chi connectivity index (χ0) is 7.68. The maximum Gasteiger partial charge on any atom is 0.116 e. The van der Waals surface area contributed by atoms with Crippen LogP contribution in [-0.4, -0.2) is 15.0 Å². The summed E-state index contributed by atoms with van der Waals surface area (Å²) in [5, 5.41) is 1.07. The molecule has 0 N–H and O–H groups in total. The highest BCUT2D eigenvalue weighted by Gasteiger charge is 1.95. The lowest BCUT2D eigenvalue weighted by molar-refractivity contribution is 1.19. The summed E-state index contributed by atoms with van der Waals surface area (Å²) in [6.07, 6.45) is 6.89. The van der Waals surface area contributed by atoms with E-state index in [-0.39, 0.29) is 0 Å². The molecule has 2 aromatic rings. The number of hydrogen-bond donors (Lipinski definition) is 0. The lowest BCUT2D eigenvalue weighted by atomic mass is 10.2. The molecule has 0 aliphatic heterocycles. The zero-order valence-corrected chi connectivity index (χ0v) is 6.15. The molecule has 0 atom stereocenters. The van der Waals surface area contributed by atoms with E-state index in [1.165, 1.54) is 6.33 Å². The van der Waals surface area contributed by atoms with Gasteiger partial charge in [-0.3, -0.25) is 4.98 Å². The highest BCUT2D eigenvalue weighted by atomic mass is 14.8. The molecule has 0 radical (unpaired) electrons. The predicted molar refractivity (Wildman–Crippen MR) is 42.1 cm³/mol. The molecular weight excluding hydrogens is 138 g/mol. The van der Waals surface area contributed by atoms with E-state index in [9.17, 15) is 0 Å². The Morgan fingerprint density at radius 3 is 2.82 bits per heavy atom. The number of pyridine rings is 1. The highest BCUT2D eigenvalue weighted by molar-refractivity contribution is 5.79. The third kappa shape index (κ3) is 0.941. The van der Waals surface area contributed by atoms with Gasteiger partial charge in [-0.2, -0.15) is 0 Å². The van der Waals surface area contributed by atoms with Crippen LogP contribution >= 0.6 is 0 Å². The summed E-state index contributed by atoms with van der Waals surface area (Å²) in [6.45, 7) is 2.00. The Hall–Kier alpha value is -1.51. The maximum absolute atomic E-state index is 4.07. The number of aryl methyl sites for hydroxylation is 1. The third-order valence-electron chi connectivity index (χ3n) is 1.63. The Balaban J connectivity index is 2.91. The molecule has 2 heterocycles. The Labute approximate surface area is 64.1 Å². The second-order valence-electron chi connectivity index (χ2n) is 2.41. The minimum atomic E-state index is 0.903. The van der Waals surface area contributed by atoms with Crippen LogP contribution in [0.2, 0.25) is 0 Å². The van der Waals surface area contributed by atoms with E-state index in [2.05, 4.69) is 15.0 Å². The summed E-state index contributed by atoms with van der Waals surface area (Å²) in [5.74, 6) is 0. The second kappa shape index (κ2) is 2.27. The van der Waals surface area contributed by atoms with Gasteiger partial charge in [-0.25, -0.2) is 9.97 Å². The molecule has 2 rings (SSSR count). The first-order chi connectivity index (χ1) is 5.38. The van der Waals surface area contributed by atoms with Crippen LogP contribution < -0.4 is 0 Å². The molecule has 0 fully saturated rings. The average molecular weight is 145 g/mol. The van der Waals surface area contributed by atoms with Gasteiger partial charge in [0.15, 0.2) is 0 Å².